The van der Waals surface area contributed by atoms with Crippen LogP contribution in [-0.2, 0) is 0 Å². The maximum absolute atomic E-state index is 13.8. The molecule has 0 aliphatic heterocycles. The predicted molar refractivity (Wildman–Crippen MR) is 79.2 cm³/mol. The van der Waals surface area contributed by atoms with Crippen molar-refractivity contribution < 1.29 is 18.7 Å². The van der Waals surface area contributed by atoms with E-state index in [9.17, 15) is 13.6 Å². The van der Waals surface area contributed by atoms with E-state index in [2.05, 4.69) is 10.6 Å². The fourth-order valence-electron chi connectivity index (χ4n) is 2.57. The van der Waals surface area contributed by atoms with Gasteiger partial charge in [-0.3, -0.25) is 0 Å². The molecule has 0 aromatic heterocycles. The van der Waals surface area contributed by atoms with Crippen molar-refractivity contribution in [3.05, 3.63) is 47.5 Å². The lowest BCUT2D eigenvalue weighted by Crippen LogP contribution is -2.42. The summed E-state index contributed by atoms with van der Waals surface area (Å²) >= 11 is 0. The Bertz CT molecular complexity index is 563. The van der Waals surface area contributed by atoms with E-state index in [-0.39, 0.29) is 24.1 Å². The van der Waals surface area contributed by atoms with Gasteiger partial charge in [0.15, 0.2) is 0 Å². The number of rotatable bonds is 5. The van der Waals surface area contributed by atoms with Crippen LogP contribution in [0.1, 0.15) is 31.4 Å². The van der Waals surface area contributed by atoms with E-state index in [1.165, 1.54) is 0 Å². The summed E-state index contributed by atoms with van der Waals surface area (Å²) in [5.74, 6) is -1.04. The van der Waals surface area contributed by atoms with E-state index in [1.807, 2.05) is 12.2 Å². The van der Waals surface area contributed by atoms with Gasteiger partial charge >= 0.3 is 6.03 Å². The minimum Gasteiger partial charge on any atom is -0.396 e. The number of halogens is 2. The second-order valence-electron chi connectivity index (χ2n) is 5.41. The zero-order valence-corrected chi connectivity index (χ0v) is 12.4. The van der Waals surface area contributed by atoms with Gasteiger partial charge in [-0.15, -0.1) is 0 Å². The minimum absolute atomic E-state index is 0.0440. The molecule has 2 amide bonds. The number of aliphatic hydroxyl groups is 1. The van der Waals surface area contributed by atoms with E-state index in [4.69, 9.17) is 5.11 Å². The lowest BCUT2D eigenvalue weighted by molar-refractivity contribution is 0.228. The zero-order chi connectivity index (χ0) is 16.1. The fraction of sp³-hybridized carbons (Fsp3) is 0.438. The van der Waals surface area contributed by atoms with Gasteiger partial charge in [0, 0.05) is 24.1 Å². The average molecular weight is 310 g/mol. The number of urea groups is 1. The van der Waals surface area contributed by atoms with Crippen molar-refractivity contribution in [2.75, 3.05) is 6.61 Å². The van der Waals surface area contributed by atoms with Crippen LogP contribution in [0.15, 0.2) is 30.4 Å². The smallest absolute Gasteiger partial charge is 0.315 e. The Hall–Kier alpha value is -1.95. The molecule has 120 valence electrons. The van der Waals surface area contributed by atoms with Gasteiger partial charge in [0.25, 0.3) is 0 Å². The largest absolute Gasteiger partial charge is 0.396 e. The lowest BCUT2D eigenvalue weighted by atomic mass is 10.0. The molecule has 1 aliphatic rings. The summed E-state index contributed by atoms with van der Waals surface area (Å²) in [4.78, 5) is 12.0. The monoisotopic (exact) mass is 310 g/mol. The highest BCUT2D eigenvalue weighted by molar-refractivity contribution is 5.75. The van der Waals surface area contributed by atoms with Crippen molar-refractivity contribution in [1.82, 2.24) is 10.6 Å². The van der Waals surface area contributed by atoms with Gasteiger partial charge in [0.05, 0.1) is 6.04 Å². The number of amides is 2. The second kappa shape index (κ2) is 7.35. The number of hydrogen-bond donors (Lipinski definition) is 3. The first-order valence-electron chi connectivity index (χ1n) is 7.34. The molecular formula is C16H20F2N2O2. The van der Waals surface area contributed by atoms with Gasteiger partial charge < -0.3 is 15.7 Å². The molecule has 0 saturated heterocycles. The first-order valence-corrected chi connectivity index (χ1v) is 7.34. The number of carbonyl (C=O) groups excluding carboxylic acids is 1. The molecule has 2 rings (SSSR count). The lowest BCUT2D eigenvalue weighted by Gasteiger charge is -2.20. The van der Waals surface area contributed by atoms with Crippen molar-refractivity contribution in [1.29, 1.82) is 0 Å². The van der Waals surface area contributed by atoms with E-state index < -0.39 is 23.7 Å². The standard InChI is InChI=1S/C16H20F2N2O2/c1-2-15(13-8-11(17)4-6-14(13)18)20-16(22)19-12-5-3-10(7-12)9-21/h3-6,8,10,12,15,21H,2,7,9H2,1H3,(H2,19,20,22)/t10-,12+,15?/m0/s1. The van der Waals surface area contributed by atoms with Crippen molar-refractivity contribution in [2.45, 2.75) is 31.8 Å². The Morgan fingerprint density at radius 1 is 1.41 bits per heavy atom. The van der Waals surface area contributed by atoms with Crippen LogP contribution in [0.25, 0.3) is 0 Å². The molecule has 3 atom stereocenters. The van der Waals surface area contributed by atoms with Gasteiger partial charge in [0.2, 0.25) is 0 Å². The van der Waals surface area contributed by atoms with Gasteiger partial charge in [-0.05, 0) is 31.0 Å². The molecule has 0 fully saturated rings. The molecule has 1 unspecified atom stereocenters. The summed E-state index contributed by atoms with van der Waals surface area (Å²) in [7, 11) is 0. The topological polar surface area (TPSA) is 61.4 Å². The van der Waals surface area contributed by atoms with Gasteiger partial charge in [-0.1, -0.05) is 19.1 Å². The van der Waals surface area contributed by atoms with Crippen LogP contribution in [0.2, 0.25) is 0 Å². The van der Waals surface area contributed by atoms with Gasteiger partial charge in [-0.2, -0.15) is 0 Å². The Balaban J connectivity index is 1.97. The third kappa shape index (κ3) is 4.04. The minimum atomic E-state index is -0.602. The summed E-state index contributed by atoms with van der Waals surface area (Å²) < 4.78 is 27.0. The summed E-state index contributed by atoms with van der Waals surface area (Å²) in [6.45, 7) is 1.83. The molecule has 0 bridgehead atoms. The molecule has 22 heavy (non-hydrogen) atoms. The number of benzene rings is 1. The van der Waals surface area contributed by atoms with Crippen molar-refractivity contribution >= 4 is 6.03 Å². The Morgan fingerprint density at radius 2 is 2.18 bits per heavy atom. The molecule has 1 aromatic carbocycles. The fourth-order valence-corrected chi connectivity index (χ4v) is 2.57. The number of hydrogen-bond acceptors (Lipinski definition) is 2. The van der Waals surface area contributed by atoms with Crippen LogP contribution >= 0.6 is 0 Å². The Morgan fingerprint density at radius 3 is 2.82 bits per heavy atom. The molecule has 1 aromatic rings. The van der Waals surface area contributed by atoms with Crippen molar-refractivity contribution in [2.24, 2.45) is 5.92 Å². The highest BCUT2D eigenvalue weighted by Crippen LogP contribution is 2.21. The summed E-state index contributed by atoms with van der Waals surface area (Å²) in [5.41, 5.74) is 0.132. The van der Waals surface area contributed by atoms with Crippen molar-refractivity contribution in [3.63, 3.8) is 0 Å². The van der Waals surface area contributed by atoms with E-state index >= 15 is 0 Å². The average Bonchev–Trinajstić information content (AvgIpc) is 2.95. The first-order chi connectivity index (χ1) is 10.5. The van der Waals surface area contributed by atoms with E-state index in [0.717, 1.165) is 18.2 Å². The molecule has 0 radical (unpaired) electrons. The molecule has 1 aliphatic carbocycles. The maximum Gasteiger partial charge on any atom is 0.315 e. The normalized spacial score (nSPS) is 21.6. The third-order valence-electron chi connectivity index (χ3n) is 3.77. The highest BCUT2D eigenvalue weighted by atomic mass is 19.1. The summed E-state index contributed by atoms with van der Waals surface area (Å²) in [6.07, 6.45) is 4.75. The molecule has 0 saturated carbocycles. The molecule has 3 N–H and O–H groups in total. The van der Waals surface area contributed by atoms with Crippen LogP contribution in [0.3, 0.4) is 0 Å². The summed E-state index contributed by atoms with van der Waals surface area (Å²) in [6, 6.07) is 1.99. The Kier molecular flexibility index (Phi) is 5.49. The van der Waals surface area contributed by atoms with Crippen molar-refractivity contribution in [3.8, 4) is 0 Å². The summed E-state index contributed by atoms with van der Waals surface area (Å²) in [5, 5.41) is 14.5. The molecular weight excluding hydrogens is 290 g/mol. The van der Waals surface area contributed by atoms with Crippen LogP contribution in [0, 0.1) is 17.6 Å². The molecule has 6 heteroatoms. The maximum atomic E-state index is 13.8. The number of nitrogens with one attached hydrogen (secondary N) is 2. The third-order valence-corrected chi connectivity index (χ3v) is 3.77. The van der Waals surface area contributed by atoms with Crippen LogP contribution in [-0.4, -0.2) is 23.8 Å². The van der Waals surface area contributed by atoms with Crippen LogP contribution in [0.4, 0.5) is 13.6 Å². The zero-order valence-electron chi connectivity index (χ0n) is 12.4. The van der Waals surface area contributed by atoms with Crippen LogP contribution < -0.4 is 10.6 Å². The van der Waals surface area contributed by atoms with Gasteiger partial charge in [-0.25, -0.2) is 13.6 Å². The quantitative estimate of drug-likeness (QED) is 0.732. The molecule has 0 heterocycles. The van der Waals surface area contributed by atoms with Crippen LogP contribution in [0.5, 0.6) is 0 Å². The highest BCUT2D eigenvalue weighted by Gasteiger charge is 2.22. The van der Waals surface area contributed by atoms with E-state index in [1.54, 1.807) is 6.92 Å². The number of aliphatic hydroxyl groups excluding tert-OH is 1. The number of carbonyl (C=O) groups is 1. The van der Waals surface area contributed by atoms with E-state index in [0.29, 0.717) is 12.8 Å². The molecule has 4 nitrogen and oxygen atoms in total. The predicted octanol–water partition coefficient (Wildman–Crippen LogP) is 2.65. The van der Waals surface area contributed by atoms with Gasteiger partial charge in [0.1, 0.15) is 11.6 Å². The SMILES string of the molecule is CCC(NC(=O)N[C@@H]1C=C[C@H](CO)C1)c1cc(F)ccc1F. The first kappa shape index (κ1) is 16.4. The second-order valence-corrected chi connectivity index (χ2v) is 5.41. The molecule has 0 spiro atoms. The Labute approximate surface area is 128 Å².